The number of para-hydroxylation sites is 1. The maximum atomic E-state index is 4.86. The number of hydrogen-bond acceptors (Lipinski definition) is 2. The molecule has 2 nitrogen and oxygen atoms in total. The molecule has 2 heterocycles. The molecule has 47 heavy (non-hydrogen) atoms. The smallest absolute Gasteiger partial charge is 0.111 e. The Morgan fingerprint density at radius 2 is 1.15 bits per heavy atom. The van der Waals surface area contributed by atoms with Crippen molar-refractivity contribution < 1.29 is 0 Å². The second kappa shape index (κ2) is 10.2. The molecule has 0 amide bonds. The normalized spacial score (nSPS) is 12.3. The highest BCUT2D eigenvalue weighted by Crippen LogP contribution is 2.47. The van der Waals surface area contributed by atoms with E-state index in [4.69, 9.17) is 4.98 Å². The van der Waals surface area contributed by atoms with Gasteiger partial charge in [0.25, 0.3) is 0 Å². The third-order valence-electron chi connectivity index (χ3n) is 9.69. The predicted molar refractivity (Wildman–Crippen MR) is 199 cm³/mol. The maximum absolute atomic E-state index is 4.86. The first kappa shape index (κ1) is 26.6. The molecule has 220 valence electrons. The van der Waals surface area contributed by atoms with E-state index in [1.165, 1.54) is 86.7 Å². The van der Waals surface area contributed by atoms with Gasteiger partial charge in [-0.2, -0.15) is 0 Å². The minimum absolute atomic E-state index is 1.02. The van der Waals surface area contributed by atoms with Crippen molar-refractivity contribution >= 4 is 55.1 Å². The van der Waals surface area contributed by atoms with Crippen LogP contribution in [0.5, 0.6) is 0 Å². The van der Waals surface area contributed by atoms with E-state index in [0.717, 1.165) is 11.3 Å². The standard InChI is InChI=1S/C44H28N2S/c1-27-45-38-16-9-17-40-44(38)46(27)39-23-21-32(26-41(39)47-40)31-20-22-36-37(25-31)43(33-19-18-28-10-5-6-13-30(28)24-33)35-15-8-7-14-34(35)42(36)29-11-3-2-4-12-29/h2-26H,1H3. The van der Waals surface area contributed by atoms with Gasteiger partial charge in [0.2, 0.25) is 0 Å². The summed E-state index contributed by atoms with van der Waals surface area (Å²) in [6.07, 6.45) is 0. The van der Waals surface area contributed by atoms with Crippen LogP contribution in [0.1, 0.15) is 5.82 Å². The van der Waals surface area contributed by atoms with Gasteiger partial charge in [-0.3, -0.25) is 4.57 Å². The van der Waals surface area contributed by atoms with E-state index in [0.29, 0.717) is 0 Å². The van der Waals surface area contributed by atoms with Crippen molar-refractivity contribution in [3.8, 4) is 39.1 Å². The summed E-state index contributed by atoms with van der Waals surface area (Å²) in [7, 11) is 0. The number of aryl methyl sites for hydroxylation is 1. The Hall–Kier alpha value is -5.64. The van der Waals surface area contributed by atoms with Crippen molar-refractivity contribution in [3.63, 3.8) is 0 Å². The van der Waals surface area contributed by atoms with Crippen molar-refractivity contribution in [2.75, 3.05) is 0 Å². The van der Waals surface area contributed by atoms with Crippen LogP contribution >= 0.6 is 11.8 Å². The van der Waals surface area contributed by atoms with Crippen LogP contribution in [0.4, 0.5) is 0 Å². The maximum Gasteiger partial charge on any atom is 0.111 e. The van der Waals surface area contributed by atoms with Crippen LogP contribution in [-0.2, 0) is 0 Å². The molecule has 0 radical (unpaired) electrons. The average Bonchev–Trinajstić information content (AvgIpc) is 3.47. The summed E-state index contributed by atoms with van der Waals surface area (Å²) in [5.41, 5.74) is 10.9. The van der Waals surface area contributed by atoms with Crippen molar-refractivity contribution in [2.24, 2.45) is 0 Å². The minimum Gasteiger partial charge on any atom is -0.294 e. The third-order valence-corrected chi connectivity index (χ3v) is 10.8. The molecule has 0 atom stereocenters. The first-order valence-electron chi connectivity index (χ1n) is 16.0. The van der Waals surface area contributed by atoms with Gasteiger partial charge in [0, 0.05) is 9.79 Å². The highest BCUT2D eigenvalue weighted by molar-refractivity contribution is 7.99. The molecule has 0 bridgehead atoms. The van der Waals surface area contributed by atoms with Gasteiger partial charge in [-0.05, 0) is 109 Å². The largest absolute Gasteiger partial charge is 0.294 e. The lowest BCUT2D eigenvalue weighted by Crippen LogP contribution is -2.03. The minimum atomic E-state index is 1.02. The number of nitrogens with zero attached hydrogens (tertiary/aromatic N) is 2. The molecule has 0 aliphatic carbocycles. The molecule has 0 N–H and O–H groups in total. The fraction of sp³-hybridized carbons (Fsp3) is 0.0227. The van der Waals surface area contributed by atoms with Crippen LogP contribution in [-0.4, -0.2) is 9.55 Å². The third kappa shape index (κ3) is 4.03. The zero-order valence-electron chi connectivity index (χ0n) is 25.7. The van der Waals surface area contributed by atoms with Gasteiger partial charge in [-0.15, -0.1) is 0 Å². The Morgan fingerprint density at radius 3 is 2.00 bits per heavy atom. The van der Waals surface area contributed by atoms with Gasteiger partial charge >= 0.3 is 0 Å². The molecule has 0 spiro atoms. The molecule has 0 saturated heterocycles. The molecule has 10 rings (SSSR count). The summed E-state index contributed by atoms with van der Waals surface area (Å²) in [6.45, 7) is 2.10. The van der Waals surface area contributed by atoms with Crippen LogP contribution in [0.2, 0.25) is 0 Å². The van der Waals surface area contributed by atoms with E-state index in [9.17, 15) is 0 Å². The van der Waals surface area contributed by atoms with Gasteiger partial charge < -0.3 is 0 Å². The van der Waals surface area contributed by atoms with Crippen molar-refractivity contribution in [2.45, 2.75) is 16.7 Å². The Bertz CT molecular complexity index is 2720. The summed E-state index contributed by atoms with van der Waals surface area (Å²) >= 11 is 1.84. The fourth-order valence-electron chi connectivity index (χ4n) is 7.60. The van der Waals surface area contributed by atoms with Gasteiger partial charge in [0.05, 0.1) is 16.7 Å². The van der Waals surface area contributed by atoms with Crippen LogP contribution in [0.25, 0.3) is 82.4 Å². The molecular weight excluding hydrogens is 589 g/mol. The lowest BCUT2D eigenvalue weighted by molar-refractivity contribution is 0.963. The highest BCUT2D eigenvalue weighted by Gasteiger charge is 2.23. The summed E-state index contributed by atoms with van der Waals surface area (Å²) in [4.78, 5) is 7.37. The van der Waals surface area contributed by atoms with Crippen LogP contribution in [0.15, 0.2) is 161 Å². The van der Waals surface area contributed by atoms with Gasteiger partial charge in [0.15, 0.2) is 0 Å². The van der Waals surface area contributed by atoms with Gasteiger partial charge in [0.1, 0.15) is 5.82 Å². The average molecular weight is 617 g/mol. The topological polar surface area (TPSA) is 17.8 Å². The molecule has 0 fully saturated rings. The number of aromatic nitrogens is 2. The zero-order chi connectivity index (χ0) is 31.1. The number of rotatable bonds is 3. The van der Waals surface area contributed by atoms with Crippen LogP contribution in [0.3, 0.4) is 0 Å². The van der Waals surface area contributed by atoms with E-state index < -0.39 is 0 Å². The molecule has 8 aromatic carbocycles. The monoisotopic (exact) mass is 616 g/mol. The van der Waals surface area contributed by atoms with Crippen molar-refractivity contribution in [1.29, 1.82) is 0 Å². The van der Waals surface area contributed by atoms with Crippen LogP contribution in [0, 0.1) is 6.92 Å². The lowest BCUT2D eigenvalue weighted by Gasteiger charge is -2.21. The second-order valence-corrected chi connectivity index (χ2v) is 13.5. The first-order chi connectivity index (χ1) is 23.2. The number of hydrogen-bond donors (Lipinski definition) is 0. The number of benzene rings is 8. The van der Waals surface area contributed by atoms with E-state index >= 15 is 0 Å². The Morgan fingerprint density at radius 1 is 0.468 bits per heavy atom. The van der Waals surface area contributed by atoms with E-state index in [1.54, 1.807) is 0 Å². The SMILES string of the molecule is Cc1nc2cccc3c2n1-c1ccc(-c2ccc4c(-c5ccccc5)c5ccccc5c(-c5ccc6ccccc6c5)c4c2)cc1S3. The molecule has 9 aromatic rings. The molecule has 3 heteroatoms. The van der Waals surface area contributed by atoms with Gasteiger partial charge in [-0.25, -0.2) is 4.98 Å². The fourth-order valence-corrected chi connectivity index (χ4v) is 8.72. The molecule has 1 aliphatic rings. The Balaban J connectivity index is 1.24. The predicted octanol–water partition coefficient (Wildman–Crippen LogP) is 12.3. The lowest BCUT2D eigenvalue weighted by atomic mass is 9.84. The quantitative estimate of drug-likeness (QED) is 0.184. The summed E-state index contributed by atoms with van der Waals surface area (Å²) in [5, 5.41) is 7.57. The first-order valence-corrected chi connectivity index (χ1v) is 16.9. The summed E-state index contributed by atoms with van der Waals surface area (Å²) in [6, 6.07) is 55.7. The molecule has 0 saturated carbocycles. The van der Waals surface area contributed by atoms with Crippen molar-refractivity contribution in [1.82, 2.24) is 9.55 Å². The zero-order valence-corrected chi connectivity index (χ0v) is 26.6. The van der Waals surface area contributed by atoms with Crippen LogP contribution < -0.4 is 0 Å². The summed E-state index contributed by atoms with van der Waals surface area (Å²) in [5.74, 6) is 1.02. The molecule has 0 unspecified atom stereocenters. The van der Waals surface area contributed by atoms with Crippen molar-refractivity contribution in [3.05, 3.63) is 157 Å². The summed E-state index contributed by atoms with van der Waals surface area (Å²) < 4.78 is 2.32. The molecule has 1 aromatic heterocycles. The van der Waals surface area contributed by atoms with E-state index in [2.05, 4.69) is 163 Å². The number of fused-ring (bicyclic) bond motifs is 5. The Kier molecular flexibility index (Phi) is 5.76. The van der Waals surface area contributed by atoms with E-state index in [1.807, 2.05) is 11.8 Å². The Labute approximate surface area is 277 Å². The van der Waals surface area contributed by atoms with Gasteiger partial charge in [-0.1, -0.05) is 127 Å². The highest BCUT2D eigenvalue weighted by atomic mass is 32.2. The number of imidazole rings is 1. The molecule has 1 aliphatic heterocycles. The van der Waals surface area contributed by atoms with E-state index in [-0.39, 0.29) is 0 Å². The molecular formula is C44H28N2S. The second-order valence-electron chi connectivity index (χ2n) is 12.4.